The van der Waals surface area contributed by atoms with Gasteiger partial charge in [-0.2, -0.15) is 0 Å². The number of hydrogen-bond acceptors (Lipinski definition) is 4. The topological polar surface area (TPSA) is 52.0 Å². The molecule has 3 nitrogen and oxygen atoms in total. The van der Waals surface area contributed by atoms with Crippen molar-refractivity contribution in [1.29, 1.82) is 0 Å². The van der Waals surface area contributed by atoms with Gasteiger partial charge in [-0.05, 0) is 23.6 Å². The highest BCUT2D eigenvalue weighted by atomic mass is 35.5. The Balaban J connectivity index is 2.23. The number of hydrogen-bond donors (Lipinski definition) is 1. The molecule has 2 heterocycles. The van der Waals surface area contributed by atoms with E-state index in [9.17, 15) is 0 Å². The predicted molar refractivity (Wildman–Crippen MR) is 74.7 cm³/mol. The molecule has 0 spiro atoms. The first-order chi connectivity index (χ1) is 8.77. The van der Waals surface area contributed by atoms with E-state index < -0.39 is 0 Å². The molecule has 0 amide bonds. The molecular formula is C13H9ClN2OS. The van der Waals surface area contributed by atoms with Crippen LogP contribution < -0.4 is 5.73 Å². The molecule has 90 valence electrons. The summed E-state index contributed by atoms with van der Waals surface area (Å²) in [6.45, 7) is 0. The Morgan fingerprint density at radius 3 is 2.72 bits per heavy atom. The Labute approximate surface area is 113 Å². The van der Waals surface area contributed by atoms with Crippen LogP contribution in [0.25, 0.3) is 21.8 Å². The third-order valence-corrected chi connectivity index (χ3v) is 3.82. The summed E-state index contributed by atoms with van der Waals surface area (Å²) in [6, 6.07) is 11.4. The molecule has 0 aliphatic rings. The fourth-order valence-corrected chi connectivity index (χ4v) is 2.79. The van der Waals surface area contributed by atoms with E-state index in [1.165, 1.54) is 0 Å². The molecule has 0 saturated carbocycles. The first-order valence-electron chi connectivity index (χ1n) is 5.31. The van der Waals surface area contributed by atoms with Gasteiger partial charge >= 0.3 is 0 Å². The molecule has 5 heteroatoms. The van der Waals surface area contributed by atoms with Gasteiger partial charge in [0, 0.05) is 10.4 Å². The second kappa shape index (κ2) is 4.48. The quantitative estimate of drug-likeness (QED) is 0.759. The Bertz CT molecular complexity index is 676. The molecular weight excluding hydrogens is 268 g/mol. The Morgan fingerprint density at radius 1 is 1.17 bits per heavy atom. The first-order valence-corrected chi connectivity index (χ1v) is 6.57. The highest BCUT2D eigenvalue weighted by molar-refractivity contribution is 7.13. The van der Waals surface area contributed by atoms with E-state index in [2.05, 4.69) is 5.16 Å². The summed E-state index contributed by atoms with van der Waals surface area (Å²) in [5, 5.41) is 6.44. The van der Waals surface area contributed by atoms with Crippen molar-refractivity contribution in [3.63, 3.8) is 0 Å². The van der Waals surface area contributed by atoms with Gasteiger partial charge in [-0.15, -0.1) is 11.3 Å². The molecule has 2 N–H and O–H groups in total. The zero-order chi connectivity index (χ0) is 12.5. The maximum absolute atomic E-state index is 6.18. The fraction of sp³-hybridized carbons (Fsp3) is 0. The van der Waals surface area contributed by atoms with Crippen LogP contribution in [0.1, 0.15) is 0 Å². The van der Waals surface area contributed by atoms with Crippen molar-refractivity contribution in [3.8, 4) is 21.8 Å². The van der Waals surface area contributed by atoms with Crippen molar-refractivity contribution in [3.05, 3.63) is 46.8 Å². The SMILES string of the molecule is Nc1noc(-c2ccccc2Cl)c1-c1cccs1. The van der Waals surface area contributed by atoms with Gasteiger partial charge in [-0.3, -0.25) is 0 Å². The molecule has 0 aliphatic heterocycles. The minimum atomic E-state index is 0.382. The van der Waals surface area contributed by atoms with E-state index in [1.807, 2.05) is 41.8 Å². The Kier molecular flexibility index (Phi) is 2.81. The van der Waals surface area contributed by atoms with E-state index in [4.69, 9.17) is 21.9 Å². The average molecular weight is 277 g/mol. The summed E-state index contributed by atoms with van der Waals surface area (Å²) in [5.41, 5.74) is 7.48. The second-order valence-corrected chi connectivity index (χ2v) is 5.08. The molecule has 0 bridgehead atoms. The van der Waals surface area contributed by atoms with Gasteiger partial charge < -0.3 is 10.3 Å². The van der Waals surface area contributed by atoms with E-state index >= 15 is 0 Å². The third-order valence-electron chi connectivity index (χ3n) is 2.60. The van der Waals surface area contributed by atoms with Crippen LogP contribution >= 0.6 is 22.9 Å². The van der Waals surface area contributed by atoms with Gasteiger partial charge in [0.1, 0.15) is 0 Å². The van der Waals surface area contributed by atoms with Crippen LogP contribution in [0.2, 0.25) is 5.02 Å². The van der Waals surface area contributed by atoms with Gasteiger partial charge in [0.25, 0.3) is 0 Å². The number of rotatable bonds is 2. The lowest BCUT2D eigenvalue weighted by Gasteiger charge is -2.02. The molecule has 0 saturated heterocycles. The van der Waals surface area contributed by atoms with Gasteiger partial charge in [0.2, 0.25) is 0 Å². The zero-order valence-electron chi connectivity index (χ0n) is 9.26. The first kappa shape index (κ1) is 11.3. The minimum absolute atomic E-state index is 0.382. The van der Waals surface area contributed by atoms with E-state index in [0.29, 0.717) is 16.6 Å². The normalized spacial score (nSPS) is 10.7. The number of halogens is 1. The number of anilines is 1. The molecule has 0 aliphatic carbocycles. The number of nitrogens with two attached hydrogens (primary N) is 1. The van der Waals surface area contributed by atoms with E-state index in [1.54, 1.807) is 11.3 Å². The number of thiophene rings is 1. The molecule has 0 radical (unpaired) electrons. The van der Waals surface area contributed by atoms with Crippen molar-refractivity contribution in [1.82, 2.24) is 5.16 Å². The van der Waals surface area contributed by atoms with Crippen molar-refractivity contribution < 1.29 is 4.52 Å². The summed E-state index contributed by atoms with van der Waals surface area (Å²) in [4.78, 5) is 1.02. The highest BCUT2D eigenvalue weighted by Gasteiger charge is 2.19. The van der Waals surface area contributed by atoms with Crippen molar-refractivity contribution in [2.45, 2.75) is 0 Å². The second-order valence-electron chi connectivity index (χ2n) is 3.73. The summed E-state index contributed by atoms with van der Waals surface area (Å²) >= 11 is 7.76. The number of aromatic nitrogens is 1. The van der Waals surface area contributed by atoms with Crippen molar-refractivity contribution in [2.24, 2.45) is 0 Å². The predicted octanol–water partition coefficient (Wildman–Crippen LogP) is 4.31. The van der Waals surface area contributed by atoms with Crippen LogP contribution in [-0.4, -0.2) is 5.16 Å². The average Bonchev–Trinajstić information content (AvgIpc) is 2.98. The summed E-state index contributed by atoms with van der Waals surface area (Å²) in [5.74, 6) is 0.993. The molecule has 18 heavy (non-hydrogen) atoms. The van der Waals surface area contributed by atoms with Crippen LogP contribution in [0.4, 0.5) is 5.82 Å². The van der Waals surface area contributed by atoms with Gasteiger partial charge in [-0.1, -0.05) is 35.0 Å². The number of benzene rings is 1. The summed E-state index contributed by atoms with van der Waals surface area (Å²) in [7, 11) is 0. The van der Waals surface area contributed by atoms with Gasteiger partial charge in [0.05, 0.1) is 10.6 Å². The highest BCUT2D eigenvalue weighted by Crippen LogP contribution is 2.40. The molecule has 1 aromatic carbocycles. The molecule has 3 rings (SSSR count). The summed E-state index contributed by atoms with van der Waals surface area (Å²) < 4.78 is 5.33. The molecule has 0 fully saturated rings. The van der Waals surface area contributed by atoms with Crippen LogP contribution in [0.5, 0.6) is 0 Å². The zero-order valence-corrected chi connectivity index (χ0v) is 10.8. The summed E-state index contributed by atoms with van der Waals surface area (Å²) in [6.07, 6.45) is 0. The number of nitrogen functional groups attached to an aromatic ring is 1. The van der Waals surface area contributed by atoms with Crippen LogP contribution in [0.15, 0.2) is 46.3 Å². The monoisotopic (exact) mass is 276 g/mol. The third kappa shape index (κ3) is 1.79. The van der Waals surface area contributed by atoms with Gasteiger partial charge in [0.15, 0.2) is 11.6 Å². The molecule has 3 aromatic rings. The maximum Gasteiger partial charge on any atom is 0.179 e. The standard InChI is InChI=1S/C13H9ClN2OS/c14-9-5-2-1-4-8(9)12-11(13(15)16-17-12)10-6-3-7-18-10/h1-7H,(H2,15,16). The van der Waals surface area contributed by atoms with Crippen LogP contribution in [0, 0.1) is 0 Å². The fourth-order valence-electron chi connectivity index (χ4n) is 1.79. The molecule has 0 atom stereocenters. The van der Waals surface area contributed by atoms with Crippen molar-refractivity contribution >= 4 is 28.8 Å². The number of nitrogens with zero attached hydrogens (tertiary/aromatic N) is 1. The lowest BCUT2D eigenvalue weighted by Crippen LogP contribution is -1.87. The largest absolute Gasteiger partial charge is 0.380 e. The Morgan fingerprint density at radius 2 is 2.00 bits per heavy atom. The molecule has 2 aromatic heterocycles. The van der Waals surface area contributed by atoms with E-state index in [-0.39, 0.29) is 0 Å². The van der Waals surface area contributed by atoms with Crippen molar-refractivity contribution in [2.75, 3.05) is 5.73 Å². The van der Waals surface area contributed by atoms with E-state index in [0.717, 1.165) is 16.0 Å². The maximum atomic E-state index is 6.18. The van der Waals surface area contributed by atoms with Crippen LogP contribution in [0.3, 0.4) is 0 Å². The van der Waals surface area contributed by atoms with Gasteiger partial charge in [-0.25, -0.2) is 0 Å². The lowest BCUT2D eigenvalue weighted by atomic mass is 10.1. The minimum Gasteiger partial charge on any atom is -0.380 e. The molecule has 0 unspecified atom stereocenters. The smallest absolute Gasteiger partial charge is 0.179 e. The van der Waals surface area contributed by atoms with Crippen LogP contribution in [-0.2, 0) is 0 Å². The lowest BCUT2D eigenvalue weighted by molar-refractivity contribution is 0.436. The Hall–Kier alpha value is -1.78.